The number of halogens is 1. The molecule has 0 bridgehead atoms. The molecule has 2 aromatic rings. The van der Waals surface area contributed by atoms with Crippen LogP contribution in [0.3, 0.4) is 0 Å². The van der Waals surface area contributed by atoms with E-state index in [1.54, 1.807) is 18.2 Å². The largest absolute Gasteiger partial charge is 0.294 e. The minimum absolute atomic E-state index is 0.361. The average Bonchev–Trinajstić information content (AvgIpc) is 2.46. The maximum absolute atomic E-state index is 11.6. The van der Waals surface area contributed by atoms with Gasteiger partial charge in [-0.3, -0.25) is 9.59 Å². The van der Waals surface area contributed by atoms with Gasteiger partial charge in [-0.05, 0) is 41.3 Å². The van der Waals surface area contributed by atoms with E-state index in [4.69, 9.17) is 11.6 Å². The topological polar surface area (TPSA) is 34.1 Å². The van der Waals surface area contributed by atoms with Crippen LogP contribution in [-0.4, -0.2) is 12.1 Å². The molecule has 0 aliphatic carbocycles. The van der Waals surface area contributed by atoms with Gasteiger partial charge in [0.05, 0.1) is 0 Å². The molecule has 0 spiro atoms. The van der Waals surface area contributed by atoms with Gasteiger partial charge >= 0.3 is 0 Å². The standard InChI is InChI=1S/C16H13ClO2/c1-2-11-3-4-13(9-15(11)16(19)10-18)12-5-7-14(17)8-6-12/h3-10H,2H2,1H3. The fourth-order valence-electron chi connectivity index (χ4n) is 2.00. The lowest BCUT2D eigenvalue weighted by atomic mass is 9.96. The minimum Gasteiger partial charge on any atom is -0.294 e. The highest BCUT2D eigenvalue weighted by molar-refractivity contribution is 6.34. The Bertz CT molecular complexity index is 615. The fourth-order valence-corrected chi connectivity index (χ4v) is 2.13. The van der Waals surface area contributed by atoms with E-state index in [0.29, 0.717) is 16.9 Å². The number of aldehydes is 1. The van der Waals surface area contributed by atoms with Gasteiger partial charge in [-0.15, -0.1) is 0 Å². The number of aryl methyl sites for hydroxylation is 1. The Labute approximate surface area is 117 Å². The van der Waals surface area contributed by atoms with Crippen LogP contribution in [-0.2, 0) is 11.2 Å². The van der Waals surface area contributed by atoms with E-state index in [2.05, 4.69) is 0 Å². The molecule has 0 saturated heterocycles. The third kappa shape index (κ3) is 2.91. The lowest BCUT2D eigenvalue weighted by Crippen LogP contribution is -2.04. The molecule has 2 rings (SSSR count). The van der Waals surface area contributed by atoms with E-state index < -0.39 is 5.78 Å². The lowest BCUT2D eigenvalue weighted by molar-refractivity contribution is -0.104. The number of hydrogen-bond donors (Lipinski definition) is 0. The van der Waals surface area contributed by atoms with Crippen LogP contribution in [0, 0.1) is 0 Å². The van der Waals surface area contributed by atoms with E-state index in [0.717, 1.165) is 23.1 Å². The predicted octanol–water partition coefficient (Wildman–Crippen LogP) is 3.95. The number of Topliss-reactive ketones (excluding diaryl/α,β-unsaturated/α-hetero) is 1. The summed E-state index contributed by atoms with van der Waals surface area (Å²) in [5.74, 6) is -0.479. The van der Waals surface area contributed by atoms with E-state index >= 15 is 0 Å². The molecule has 0 radical (unpaired) electrons. The molecule has 96 valence electrons. The van der Waals surface area contributed by atoms with Gasteiger partial charge in [0, 0.05) is 10.6 Å². The summed E-state index contributed by atoms with van der Waals surface area (Å²) in [6.45, 7) is 1.96. The van der Waals surface area contributed by atoms with Crippen LogP contribution in [0.15, 0.2) is 42.5 Å². The Morgan fingerprint density at radius 1 is 1.11 bits per heavy atom. The molecular formula is C16H13ClO2. The molecule has 0 aliphatic rings. The quantitative estimate of drug-likeness (QED) is 0.480. The summed E-state index contributed by atoms with van der Waals surface area (Å²) in [4.78, 5) is 22.3. The number of rotatable bonds is 4. The third-order valence-corrected chi connectivity index (χ3v) is 3.29. The molecule has 0 atom stereocenters. The minimum atomic E-state index is -0.479. The molecule has 0 fully saturated rings. The molecule has 0 N–H and O–H groups in total. The van der Waals surface area contributed by atoms with Gasteiger partial charge in [-0.1, -0.05) is 42.8 Å². The maximum atomic E-state index is 11.6. The van der Waals surface area contributed by atoms with Crippen molar-refractivity contribution in [2.24, 2.45) is 0 Å². The summed E-state index contributed by atoms with van der Waals surface area (Å²) in [5.41, 5.74) is 3.23. The first-order valence-electron chi connectivity index (χ1n) is 6.04. The highest BCUT2D eigenvalue weighted by Gasteiger charge is 2.11. The third-order valence-electron chi connectivity index (χ3n) is 3.04. The van der Waals surface area contributed by atoms with E-state index in [9.17, 15) is 9.59 Å². The Morgan fingerprint density at radius 2 is 1.74 bits per heavy atom. The summed E-state index contributed by atoms with van der Waals surface area (Å²) < 4.78 is 0. The Kier molecular flexibility index (Phi) is 4.13. The van der Waals surface area contributed by atoms with E-state index in [1.807, 2.05) is 31.2 Å². The van der Waals surface area contributed by atoms with Crippen molar-refractivity contribution in [3.8, 4) is 11.1 Å². The van der Waals surface area contributed by atoms with Crippen molar-refractivity contribution < 1.29 is 9.59 Å². The fraction of sp³-hybridized carbons (Fsp3) is 0.125. The van der Waals surface area contributed by atoms with Crippen LogP contribution in [0.25, 0.3) is 11.1 Å². The zero-order chi connectivity index (χ0) is 13.8. The van der Waals surface area contributed by atoms with Crippen LogP contribution < -0.4 is 0 Å². The Balaban J connectivity index is 2.51. The zero-order valence-corrected chi connectivity index (χ0v) is 11.3. The number of carbonyl (C=O) groups is 2. The zero-order valence-electron chi connectivity index (χ0n) is 10.5. The molecule has 2 nitrogen and oxygen atoms in total. The SMILES string of the molecule is CCc1ccc(-c2ccc(Cl)cc2)cc1C(=O)C=O. The van der Waals surface area contributed by atoms with Gasteiger partial charge in [0.1, 0.15) is 0 Å². The molecule has 0 saturated carbocycles. The van der Waals surface area contributed by atoms with Crippen molar-refractivity contribution >= 4 is 23.7 Å². The number of benzene rings is 2. The molecule has 0 unspecified atom stereocenters. The summed E-state index contributed by atoms with van der Waals surface area (Å²) in [6, 6.07) is 13.0. The highest BCUT2D eigenvalue weighted by atomic mass is 35.5. The van der Waals surface area contributed by atoms with Crippen molar-refractivity contribution in [3.63, 3.8) is 0 Å². The molecule has 0 aliphatic heterocycles. The summed E-state index contributed by atoms with van der Waals surface area (Å²) >= 11 is 5.85. The van der Waals surface area contributed by atoms with Crippen LogP contribution in [0.2, 0.25) is 5.02 Å². The highest BCUT2D eigenvalue weighted by Crippen LogP contribution is 2.24. The van der Waals surface area contributed by atoms with Crippen LogP contribution in [0.4, 0.5) is 0 Å². The summed E-state index contributed by atoms with van der Waals surface area (Å²) in [7, 11) is 0. The molecule has 3 heteroatoms. The predicted molar refractivity (Wildman–Crippen MR) is 76.7 cm³/mol. The monoisotopic (exact) mass is 272 g/mol. The molecule has 2 aromatic carbocycles. The Morgan fingerprint density at radius 3 is 2.32 bits per heavy atom. The molecule has 0 aromatic heterocycles. The first-order valence-corrected chi connectivity index (χ1v) is 6.42. The van der Waals surface area contributed by atoms with Crippen molar-refractivity contribution in [2.75, 3.05) is 0 Å². The average molecular weight is 273 g/mol. The van der Waals surface area contributed by atoms with Crippen molar-refractivity contribution in [2.45, 2.75) is 13.3 Å². The molecule has 0 amide bonds. The van der Waals surface area contributed by atoms with Gasteiger partial charge in [-0.25, -0.2) is 0 Å². The van der Waals surface area contributed by atoms with Crippen molar-refractivity contribution in [1.82, 2.24) is 0 Å². The lowest BCUT2D eigenvalue weighted by Gasteiger charge is -2.08. The van der Waals surface area contributed by atoms with Crippen molar-refractivity contribution in [3.05, 3.63) is 58.6 Å². The first-order chi connectivity index (χ1) is 9.15. The molecule has 0 heterocycles. The first kappa shape index (κ1) is 13.5. The number of carbonyl (C=O) groups excluding carboxylic acids is 2. The normalized spacial score (nSPS) is 10.2. The second kappa shape index (κ2) is 5.81. The number of ketones is 1. The summed E-state index contributed by atoms with van der Waals surface area (Å²) in [6.07, 6.45) is 1.08. The van der Waals surface area contributed by atoms with Gasteiger partial charge in [0.15, 0.2) is 6.29 Å². The smallest absolute Gasteiger partial charge is 0.225 e. The van der Waals surface area contributed by atoms with Crippen LogP contribution >= 0.6 is 11.6 Å². The van der Waals surface area contributed by atoms with E-state index in [1.165, 1.54) is 0 Å². The second-order valence-electron chi connectivity index (χ2n) is 4.21. The van der Waals surface area contributed by atoms with E-state index in [-0.39, 0.29) is 0 Å². The molecular weight excluding hydrogens is 260 g/mol. The summed E-state index contributed by atoms with van der Waals surface area (Å²) in [5, 5.41) is 0.665. The van der Waals surface area contributed by atoms with Gasteiger partial charge in [-0.2, -0.15) is 0 Å². The van der Waals surface area contributed by atoms with Gasteiger partial charge < -0.3 is 0 Å². The number of hydrogen-bond acceptors (Lipinski definition) is 2. The van der Waals surface area contributed by atoms with Crippen LogP contribution in [0.5, 0.6) is 0 Å². The van der Waals surface area contributed by atoms with Crippen LogP contribution in [0.1, 0.15) is 22.8 Å². The second-order valence-corrected chi connectivity index (χ2v) is 4.65. The van der Waals surface area contributed by atoms with Crippen molar-refractivity contribution in [1.29, 1.82) is 0 Å². The van der Waals surface area contributed by atoms with Gasteiger partial charge in [0.25, 0.3) is 0 Å². The molecule has 19 heavy (non-hydrogen) atoms. The maximum Gasteiger partial charge on any atom is 0.225 e. The Hall–Kier alpha value is -1.93. The van der Waals surface area contributed by atoms with Gasteiger partial charge in [0.2, 0.25) is 5.78 Å².